The van der Waals surface area contributed by atoms with Gasteiger partial charge in [-0.15, -0.1) is 0 Å². The van der Waals surface area contributed by atoms with E-state index in [1.165, 1.54) is 12.1 Å². The van der Waals surface area contributed by atoms with E-state index in [1.807, 2.05) is 0 Å². The number of hydrogen-bond acceptors (Lipinski definition) is 2. The van der Waals surface area contributed by atoms with Crippen LogP contribution in [0.1, 0.15) is 11.1 Å². The second kappa shape index (κ2) is 8.02. The number of anilines is 1. The van der Waals surface area contributed by atoms with Gasteiger partial charge in [-0.3, -0.25) is 9.59 Å². The van der Waals surface area contributed by atoms with Gasteiger partial charge < -0.3 is 10.6 Å². The second-order valence-electron chi connectivity index (χ2n) is 5.17. The molecular formula is C17H14ClF3N2O2. The average Bonchev–Trinajstić information content (AvgIpc) is 2.55. The number of carbonyl (C=O) groups is 2. The van der Waals surface area contributed by atoms with E-state index in [-0.39, 0.29) is 12.1 Å². The lowest BCUT2D eigenvalue weighted by atomic mass is 10.1. The first-order chi connectivity index (χ1) is 11.8. The third-order valence-corrected chi connectivity index (χ3v) is 3.48. The summed E-state index contributed by atoms with van der Waals surface area (Å²) < 4.78 is 38.6. The van der Waals surface area contributed by atoms with Gasteiger partial charge in [-0.1, -0.05) is 35.9 Å². The van der Waals surface area contributed by atoms with Crippen LogP contribution in [0, 0.1) is 0 Å². The molecule has 0 spiro atoms. The number of amides is 2. The fourth-order valence-electron chi connectivity index (χ4n) is 2.06. The molecule has 0 atom stereocenters. The highest BCUT2D eigenvalue weighted by Gasteiger charge is 2.33. The summed E-state index contributed by atoms with van der Waals surface area (Å²) in [5.41, 5.74) is -0.604. The zero-order chi connectivity index (χ0) is 18.4. The highest BCUT2D eigenvalue weighted by molar-refractivity contribution is 6.30. The monoisotopic (exact) mass is 370 g/mol. The molecule has 2 aromatic carbocycles. The summed E-state index contributed by atoms with van der Waals surface area (Å²) in [4.78, 5) is 23.6. The van der Waals surface area contributed by atoms with Crippen molar-refractivity contribution in [3.05, 3.63) is 64.7 Å². The highest BCUT2D eigenvalue weighted by atomic mass is 35.5. The molecule has 0 saturated heterocycles. The maximum absolute atomic E-state index is 12.9. The van der Waals surface area contributed by atoms with Gasteiger partial charge in [0.15, 0.2) is 0 Å². The number of nitrogens with one attached hydrogen (secondary N) is 2. The Morgan fingerprint density at radius 2 is 1.60 bits per heavy atom. The van der Waals surface area contributed by atoms with Crippen molar-refractivity contribution in [3.8, 4) is 0 Å². The van der Waals surface area contributed by atoms with Gasteiger partial charge in [0, 0.05) is 5.02 Å². The van der Waals surface area contributed by atoms with Crippen LogP contribution in [-0.2, 0) is 22.2 Å². The lowest BCUT2D eigenvalue weighted by Gasteiger charge is -2.13. The van der Waals surface area contributed by atoms with Crippen molar-refractivity contribution in [2.45, 2.75) is 12.6 Å². The van der Waals surface area contributed by atoms with E-state index in [1.54, 1.807) is 24.3 Å². The molecule has 0 aliphatic heterocycles. The molecule has 0 fully saturated rings. The van der Waals surface area contributed by atoms with Crippen LogP contribution in [-0.4, -0.2) is 18.4 Å². The summed E-state index contributed by atoms with van der Waals surface area (Å²) >= 11 is 5.74. The lowest BCUT2D eigenvalue weighted by molar-refractivity contribution is -0.137. The summed E-state index contributed by atoms with van der Waals surface area (Å²) in [5, 5.41) is 5.05. The predicted molar refractivity (Wildman–Crippen MR) is 88.2 cm³/mol. The van der Waals surface area contributed by atoms with Crippen LogP contribution in [0.2, 0.25) is 5.02 Å². The van der Waals surface area contributed by atoms with Gasteiger partial charge in [0.05, 0.1) is 24.2 Å². The van der Waals surface area contributed by atoms with E-state index in [0.29, 0.717) is 10.6 Å². The third-order valence-electron chi connectivity index (χ3n) is 3.23. The topological polar surface area (TPSA) is 58.2 Å². The Bertz CT molecular complexity index is 761. The van der Waals surface area contributed by atoms with Gasteiger partial charge in [0.1, 0.15) is 0 Å². The van der Waals surface area contributed by atoms with Crippen LogP contribution in [0.5, 0.6) is 0 Å². The Labute approximate surface area is 147 Å². The van der Waals surface area contributed by atoms with E-state index >= 15 is 0 Å². The fourth-order valence-corrected chi connectivity index (χ4v) is 2.19. The summed E-state index contributed by atoms with van der Waals surface area (Å²) in [7, 11) is 0. The minimum absolute atomic E-state index is 0.0313. The molecule has 0 radical (unpaired) electrons. The third kappa shape index (κ3) is 5.79. The summed E-state index contributed by atoms with van der Waals surface area (Å²) in [6.07, 6.45) is -4.55. The van der Waals surface area contributed by atoms with E-state index in [4.69, 9.17) is 11.6 Å². The maximum atomic E-state index is 12.9. The molecule has 8 heteroatoms. The van der Waals surface area contributed by atoms with Gasteiger partial charge in [0.2, 0.25) is 11.8 Å². The molecule has 0 heterocycles. The van der Waals surface area contributed by atoms with Crippen molar-refractivity contribution in [2.75, 3.05) is 11.9 Å². The number of rotatable bonds is 5. The molecule has 0 aromatic heterocycles. The molecule has 2 N–H and O–H groups in total. The number of benzene rings is 2. The molecular weight excluding hydrogens is 357 g/mol. The van der Waals surface area contributed by atoms with Crippen LogP contribution in [0.15, 0.2) is 48.5 Å². The number of carbonyl (C=O) groups excluding carboxylic acids is 2. The van der Waals surface area contributed by atoms with Crippen LogP contribution in [0.4, 0.5) is 18.9 Å². The number of alkyl halides is 3. The molecule has 0 unspecified atom stereocenters. The predicted octanol–water partition coefficient (Wildman–Crippen LogP) is 3.66. The molecule has 2 amide bonds. The average molecular weight is 371 g/mol. The molecule has 132 valence electrons. The van der Waals surface area contributed by atoms with E-state index in [0.717, 1.165) is 12.1 Å². The molecule has 0 bridgehead atoms. The van der Waals surface area contributed by atoms with Crippen molar-refractivity contribution in [1.82, 2.24) is 5.32 Å². The van der Waals surface area contributed by atoms with E-state index in [9.17, 15) is 22.8 Å². The Kier molecular flexibility index (Phi) is 6.03. The lowest BCUT2D eigenvalue weighted by Crippen LogP contribution is -2.34. The first-order valence-electron chi connectivity index (χ1n) is 7.23. The minimum Gasteiger partial charge on any atom is -0.347 e. The SMILES string of the molecule is O=C(Cc1ccc(Cl)cc1)NCC(=O)Nc1ccccc1C(F)(F)F. The summed E-state index contributed by atoms with van der Waals surface area (Å²) in [6, 6.07) is 11.2. The number of hydrogen-bond donors (Lipinski definition) is 2. The Morgan fingerprint density at radius 1 is 0.960 bits per heavy atom. The molecule has 25 heavy (non-hydrogen) atoms. The number of para-hydroxylation sites is 1. The van der Waals surface area contributed by atoms with Gasteiger partial charge in [-0.2, -0.15) is 13.2 Å². The minimum atomic E-state index is -4.58. The van der Waals surface area contributed by atoms with Crippen LogP contribution < -0.4 is 10.6 Å². The highest BCUT2D eigenvalue weighted by Crippen LogP contribution is 2.34. The van der Waals surface area contributed by atoms with Gasteiger partial charge in [-0.25, -0.2) is 0 Å². The summed E-state index contributed by atoms with van der Waals surface area (Å²) in [6.45, 7) is -0.432. The van der Waals surface area contributed by atoms with Crippen LogP contribution in [0.25, 0.3) is 0 Å². The van der Waals surface area contributed by atoms with Crippen molar-refractivity contribution in [3.63, 3.8) is 0 Å². The molecule has 4 nitrogen and oxygen atoms in total. The van der Waals surface area contributed by atoms with Gasteiger partial charge in [0.25, 0.3) is 0 Å². The molecule has 2 aromatic rings. The first kappa shape index (κ1) is 18.8. The standard InChI is InChI=1S/C17H14ClF3N2O2/c18-12-7-5-11(6-8-12)9-15(24)22-10-16(25)23-14-4-2-1-3-13(14)17(19,20)21/h1-8H,9-10H2,(H,22,24)(H,23,25). The fraction of sp³-hybridized carbons (Fsp3) is 0.176. The van der Waals surface area contributed by atoms with Crippen molar-refractivity contribution >= 4 is 29.1 Å². The zero-order valence-corrected chi connectivity index (χ0v) is 13.6. The van der Waals surface area contributed by atoms with Gasteiger partial charge in [-0.05, 0) is 29.8 Å². The normalized spacial score (nSPS) is 11.0. The smallest absolute Gasteiger partial charge is 0.347 e. The van der Waals surface area contributed by atoms with Crippen molar-refractivity contribution < 1.29 is 22.8 Å². The largest absolute Gasteiger partial charge is 0.418 e. The maximum Gasteiger partial charge on any atom is 0.418 e. The molecule has 2 rings (SSSR count). The molecule has 0 aliphatic rings. The Morgan fingerprint density at radius 3 is 2.24 bits per heavy atom. The van der Waals surface area contributed by atoms with Crippen LogP contribution in [0.3, 0.4) is 0 Å². The quantitative estimate of drug-likeness (QED) is 0.844. The molecule has 0 saturated carbocycles. The first-order valence-corrected chi connectivity index (χ1v) is 7.61. The van der Waals surface area contributed by atoms with Crippen molar-refractivity contribution in [2.24, 2.45) is 0 Å². The van der Waals surface area contributed by atoms with E-state index in [2.05, 4.69) is 10.6 Å². The number of halogens is 4. The molecule has 0 aliphatic carbocycles. The van der Waals surface area contributed by atoms with E-state index < -0.39 is 30.1 Å². The van der Waals surface area contributed by atoms with Crippen LogP contribution >= 0.6 is 11.6 Å². The Balaban J connectivity index is 1.89. The Hall–Kier alpha value is -2.54. The second-order valence-corrected chi connectivity index (χ2v) is 5.61. The van der Waals surface area contributed by atoms with Crippen molar-refractivity contribution in [1.29, 1.82) is 0 Å². The summed E-state index contributed by atoms with van der Waals surface area (Å²) in [5.74, 6) is -1.18. The zero-order valence-electron chi connectivity index (χ0n) is 12.9. The van der Waals surface area contributed by atoms with Gasteiger partial charge >= 0.3 is 6.18 Å².